The molecule has 12 nitrogen and oxygen atoms in total. The molecule has 4 aromatic rings. The third-order valence-electron chi connectivity index (χ3n) is 9.11. The summed E-state index contributed by atoms with van der Waals surface area (Å²) in [5, 5.41) is 15.1. The number of carbonyl (C=O) groups excluding carboxylic acids is 2. The average Bonchev–Trinajstić information content (AvgIpc) is 3.65. The van der Waals surface area contributed by atoms with Crippen molar-refractivity contribution >= 4 is 44.8 Å². The van der Waals surface area contributed by atoms with Crippen LogP contribution in [0, 0.1) is 17.0 Å². The second-order valence-electron chi connectivity index (χ2n) is 12.6. The number of sulfonamides is 1. The van der Waals surface area contributed by atoms with Gasteiger partial charge in [-0.3, -0.25) is 24.0 Å². The molecule has 0 bridgehead atoms. The second-order valence-corrected chi connectivity index (χ2v) is 14.9. The van der Waals surface area contributed by atoms with E-state index in [1.165, 1.54) is 56.4 Å². The molecule has 1 aliphatic rings. The van der Waals surface area contributed by atoms with Gasteiger partial charge in [0.15, 0.2) is 0 Å². The van der Waals surface area contributed by atoms with Crippen molar-refractivity contribution in [2.24, 2.45) is 0 Å². The number of carbonyl (C=O) groups is 2. The van der Waals surface area contributed by atoms with Crippen molar-refractivity contribution in [1.29, 1.82) is 0 Å². The molecule has 14 heteroatoms. The van der Waals surface area contributed by atoms with E-state index in [4.69, 9.17) is 21.1 Å². The Balaban J connectivity index is 1.64. The van der Waals surface area contributed by atoms with Crippen LogP contribution < -0.4 is 19.1 Å². The summed E-state index contributed by atoms with van der Waals surface area (Å²) >= 11 is 6.37. The van der Waals surface area contributed by atoms with Crippen LogP contribution in [0.5, 0.6) is 11.5 Å². The quantitative estimate of drug-likeness (QED) is 0.108. The fraction of sp³-hybridized carbons (Fsp3) is 0.316. The summed E-state index contributed by atoms with van der Waals surface area (Å²) in [6, 6.07) is 23.1. The molecule has 1 aliphatic carbocycles. The molecule has 1 atom stereocenters. The van der Waals surface area contributed by atoms with Gasteiger partial charge in [0.1, 0.15) is 24.1 Å². The number of anilines is 1. The second kappa shape index (κ2) is 16.9. The van der Waals surface area contributed by atoms with E-state index in [0.29, 0.717) is 11.3 Å². The number of nitro benzene ring substituents is 1. The lowest BCUT2D eigenvalue weighted by molar-refractivity contribution is -0.385. The lowest BCUT2D eigenvalue weighted by Gasteiger charge is -2.34. The van der Waals surface area contributed by atoms with Crippen LogP contribution >= 0.6 is 11.6 Å². The number of nitrogens with zero attached hydrogens (tertiary/aromatic N) is 3. The molecule has 0 aromatic heterocycles. The van der Waals surface area contributed by atoms with Gasteiger partial charge in [-0.25, -0.2) is 8.42 Å². The van der Waals surface area contributed by atoms with Gasteiger partial charge in [0.05, 0.1) is 29.7 Å². The standard InChI is InChI=1S/C38H41ClN4O8S/c1-26-16-18-32(23-33(26)43(46)47)52(48,49)42(34-22-29(39)17-19-36(34)51-3)25-37(44)41(24-28-12-9-15-31(20-28)50-2)35(21-27-10-5-4-6-11-27)38(45)40-30-13-7-8-14-30/h4-6,9-12,15-20,22-23,30,35H,7-8,13-14,21,24-25H2,1-3H3,(H,40,45). The Morgan fingerprint density at radius 1 is 0.942 bits per heavy atom. The van der Waals surface area contributed by atoms with Crippen LogP contribution in [-0.4, -0.2) is 62.9 Å². The highest BCUT2D eigenvalue weighted by molar-refractivity contribution is 7.92. The normalized spacial score (nSPS) is 13.6. The van der Waals surface area contributed by atoms with E-state index in [0.717, 1.165) is 41.6 Å². The fourth-order valence-corrected chi connectivity index (χ4v) is 7.94. The van der Waals surface area contributed by atoms with Crippen molar-refractivity contribution in [3.63, 3.8) is 0 Å². The van der Waals surface area contributed by atoms with Gasteiger partial charge in [-0.15, -0.1) is 0 Å². The molecule has 0 radical (unpaired) electrons. The number of aryl methyl sites for hydroxylation is 1. The van der Waals surface area contributed by atoms with E-state index in [-0.39, 0.29) is 46.9 Å². The summed E-state index contributed by atoms with van der Waals surface area (Å²) < 4.78 is 40.9. The Bertz CT molecular complexity index is 2020. The third kappa shape index (κ3) is 9.01. The number of amides is 2. The highest BCUT2D eigenvalue weighted by atomic mass is 35.5. The Hall–Kier alpha value is -5.14. The zero-order chi connectivity index (χ0) is 37.4. The zero-order valence-corrected chi connectivity index (χ0v) is 30.7. The first kappa shape index (κ1) is 38.1. The molecule has 1 unspecified atom stereocenters. The van der Waals surface area contributed by atoms with E-state index in [1.54, 1.807) is 24.3 Å². The Morgan fingerprint density at radius 2 is 1.65 bits per heavy atom. The van der Waals surface area contributed by atoms with Crippen LogP contribution in [0.1, 0.15) is 42.4 Å². The Kier molecular flexibility index (Phi) is 12.4. The molecule has 4 aromatic carbocycles. The van der Waals surface area contributed by atoms with Crippen LogP contribution in [0.4, 0.5) is 11.4 Å². The number of nitro groups is 1. The largest absolute Gasteiger partial charge is 0.497 e. The third-order valence-corrected chi connectivity index (χ3v) is 11.1. The number of methoxy groups -OCH3 is 2. The number of nitrogens with one attached hydrogen (secondary N) is 1. The van der Waals surface area contributed by atoms with Gasteiger partial charge in [0, 0.05) is 35.7 Å². The minimum Gasteiger partial charge on any atom is -0.497 e. The van der Waals surface area contributed by atoms with E-state index < -0.39 is 44.0 Å². The molecule has 274 valence electrons. The molecule has 2 amide bonds. The van der Waals surface area contributed by atoms with Crippen LogP contribution in [0.25, 0.3) is 0 Å². The van der Waals surface area contributed by atoms with E-state index in [2.05, 4.69) is 5.32 Å². The molecular weight excluding hydrogens is 708 g/mol. The first-order chi connectivity index (χ1) is 24.9. The van der Waals surface area contributed by atoms with Gasteiger partial charge in [-0.1, -0.05) is 73.0 Å². The summed E-state index contributed by atoms with van der Waals surface area (Å²) in [4.78, 5) is 41.3. The number of halogens is 1. The molecule has 0 spiro atoms. The average molecular weight is 749 g/mol. The van der Waals surface area contributed by atoms with Crippen molar-refractivity contribution in [2.45, 2.75) is 62.6 Å². The van der Waals surface area contributed by atoms with E-state index in [1.807, 2.05) is 30.3 Å². The topological polar surface area (TPSA) is 148 Å². The summed E-state index contributed by atoms with van der Waals surface area (Å²) in [7, 11) is -1.83. The Labute approximate surface area is 308 Å². The maximum atomic E-state index is 14.9. The number of benzene rings is 4. The minimum atomic E-state index is -4.69. The predicted molar refractivity (Wildman–Crippen MR) is 198 cm³/mol. The summed E-state index contributed by atoms with van der Waals surface area (Å²) in [5.74, 6) is -0.455. The first-order valence-electron chi connectivity index (χ1n) is 16.8. The summed E-state index contributed by atoms with van der Waals surface area (Å²) in [6.07, 6.45) is 3.73. The summed E-state index contributed by atoms with van der Waals surface area (Å²) in [5.41, 5.74) is 1.22. The van der Waals surface area contributed by atoms with Crippen molar-refractivity contribution in [1.82, 2.24) is 10.2 Å². The molecule has 1 fully saturated rings. The van der Waals surface area contributed by atoms with Crippen LogP contribution in [0.15, 0.2) is 95.9 Å². The minimum absolute atomic E-state index is 0.0514. The number of hydrogen-bond donors (Lipinski definition) is 1. The molecule has 0 saturated heterocycles. The molecule has 1 saturated carbocycles. The molecule has 0 heterocycles. The lowest BCUT2D eigenvalue weighted by Crippen LogP contribution is -2.54. The maximum absolute atomic E-state index is 14.9. The molecular formula is C38H41ClN4O8S. The highest BCUT2D eigenvalue weighted by Gasteiger charge is 2.37. The van der Waals surface area contributed by atoms with Gasteiger partial charge in [-0.2, -0.15) is 0 Å². The Morgan fingerprint density at radius 3 is 2.33 bits per heavy atom. The monoisotopic (exact) mass is 748 g/mol. The molecule has 0 aliphatic heterocycles. The van der Waals surface area contributed by atoms with Crippen molar-refractivity contribution < 1.29 is 32.4 Å². The number of ether oxygens (including phenoxy) is 2. The molecule has 1 N–H and O–H groups in total. The predicted octanol–water partition coefficient (Wildman–Crippen LogP) is 6.47. The van der Waals surface area contributed by atoms with E-state index in [9.17, 15) is 28.1 Å². The highest BCUT2D eigenvalue weighted by Crippen LogP contribution is 2.36. The number of hydrogen-bond acceptors (Lipinski definition) is 8. The van der Waals surface area contributed by atoms with Gasteiger partial charge in [-0.05, 0) is 67.3 Å². The van der Waals surface area contributed by atoms with Crippen LogP contribution in [0.3, 0.4) is 0 Å². The molecule has 52 heavy (non-hydrogen) atoms. The smallest absolute Gasteiger partial charge is 0.273 e. The van der Waals surface area contributed by atoms with E-state index >= 15 is 0 Å². The molecule has 5 rings (SSSR count). The van der Waals surface area contributed by atoms with Gasteiger partial charge < -0.3 is 19.7 Å². The van der Waals surface area contributed by atoms with Gasteiger partial charge in [0.2, 0.25) is 11.8 Å². The fourth-order valence-electron chi connectivity index (χ4n) is 6.33. The number of rotatable bonds is 15. The SMILES string of the molecule is COc1cccc(CN(C(=O)CN(c2cc(Cl)ccc2OC)S(=O)(=O)c2ccc(C)c([N+](=O)[O-])c2)C(Cc2ccccc2)C(=O)NC2CCCC2)c1. The lowest BCUT2D eigenvalue weighted by atomic mass is 10.0. The first-order valence-corrected chi connectivity index (χ1v) is 18.6. The van der Waals surface area contributed by atoms with Crippen LogP contribution in [-0.2, 0) is 32.6 Å². The zero-order valence-electron chi connectivity index (χ0n) is 29.2. The summed E-state index contributed by atoms with van der Waals surface area (Å²) in [6.45, 7) is 0.630. The van der Waals surface area contributed by atoms with Gasteiger partial charge in [0.25, 0.3) is 15.7 Å². The van der Waals surface area contributed by atoms with Crippen molar-refractivity contribution in [2.75, 3.05) is 25.1 Å². The van der Waals surface area contributed by atoms with Crippen LogP contribution in [0.2, 0.25) is 5.02 Å². The van der Waals surface area contributed by atoms with Crippen molar-refractivity contribution in [3.05, 3.63) is 123 Å². The van der Waals surface area contributed by atoms with Crippen molar-refractivity contribution in [3.8, 4) is 11.5 Å². The maximum Gasteiger partial charge on any atom is 0.273 e. The van der Waals surface area contributed by atoms with Gasteiger partial charge >= 0.3 is 0 Å².